The highest BCUT2D eigenvalue weighted by Gasteiger charge is 2.07. The van der Waals surface area contributed by atoms with Crippen LogP contribution >= 0.6 is 35.3 Å². The first-order valence-electron chi connectivity index (χ1n) is 6.36. The third-order valence-electron chi connectivity index (χ3n) is 2.41. The van der Waals surface area contributed by atoms with Crippen LogP contribution in [0.2, 0.25) is 0 Å². The molecule has 3 nitrogen and oxygen atoms in total. The number of hydrogen-bond acceptors (Lipinski definition) is 2. The van der Waals surface area contributed by atoms with Crippen LogP contribution < -0.4 is 10.6 Å². The van der Waals surface area contributed by atoms with Gasteiger partial charge in [-0.2, -0.15) is 0 Å². The molecule has 0 fully saturated rings. The minimum atomic E-state index is 0. The number of guanidine groups is 1. The van der Waals surface area contributed by atoms with Crippen LogP contribution in [0, 0.1) is 6.92 Å². The van der Waals surface area contributed by atoms with Gasteiger partial charge in [-0.15, -0.1) is 41.9 Å². The van der Waals surface area contributed by atoms with Crippen LogP contribution in [-0.4, -0.2) is 25.1 Å². The van der Waals surface area contributed by atoms with Crippen molar-refractivity contribution in [3.8, 4) is 0 Å². The lowest BCUT2D eigenvalue weighted by atomic mass is 10.2. The molecule has 1 rings (SSSR count). The van der Waals surface area contributed by atoms with Gasteiger partial charge in [0.15, 0.2) is 5.96 Å². The molecule has 1 atom stereocenters. The molecule has 1 unspecified atom stereocenters. The molecule has 108 valence electrons. The fraction of sp³-hybridized carbons (Fsp3) is 0.500. The van der Waals surface area contributed by atoms with Gasteiger partial charge in [0.2, 0.25) is 0 Å². The highest BCUT2D eigenvalue weighted by molar-refractivity contribution is 14.0. The van der Waals surface area contributed by atoms with Crippen molar-refractivity contribution >= 4 is 41.3 Å². The van der Waals surface area contributed by atoms with Gasteiger partial charge in [0.25, 0.3) is 0 Å². The van der Waals surface area contributed by atoms with E-state index >= 15 is 0 Å². The zero-order valence-electron chi connectivity index (χ0n) is 11.9. The van der Waals surface area contributed by atoms with E-state index in [1.165, 1.54) is 9.75 Å². The summed E-state index contributed by atoms with van der Waals surface area (Å²) in [6.45, 7) is 11.6. The minimum Gasteiger partial charge on any atom is -0.357 e. The highest BCUT2D eigenvalue weighted by atomic mass is 127. The molecule has 2 N–H and O–H groups in total. The summed E-state index contributed by atoms with van der Waals surface area (Å²) >= 11 is 1.86. The van der Waals surface area contributed by atoms with Gasteiger partial charge < -0.3 is 10.6 Å². The van der Waals surface area contributed by atoms with E-state index in [2.05, 4.69) is 55.1 Å². The highest BCUT2D eigenvalue weighted by Crippen LogP contribution is 2.16. The first-order chi connectivity index (χ1) is 8.65. The van der Waals surface area contributed by atoms with E-state index in [-0.39, 0.29) is 24.0 Å². The summed E-state index contributed by atoms with van der Waals surface area (Å²) in [5, 5.41) is 6.64. The average Bonchev–Trinajstić information content (AvgIpc) is 2.71. The molecule has 1 heterocycles. The molecular weight excluding hydrogens is 369 g/mol. The first kappa shape index (κ1) is 18.4. The van der Waals surface area contributed by atoms with Gasteiger partial charge in [0.1, 0.15) is 0 Å². The molecule has 0 aromatic carbocycles. The fourth-order valence-electron chi connectivity index (χ4n) is 1.66. The second-order valence-corrected chi connectivity index (χ2v) is 5.64. The number of rotatable bonds is 6. The van der Waals surface area contributed by atoms with Crippen molar-refractivity contribution in [1.82, 2.24) is 10.6 Å². The van der Waals surface area contributed by atoms with Crippen molar-refractivity contribution in [2.45, 2.75) is 33.2 Å². The zero-order chi connectivity index (χ0) is 13.4. The summed E-state index contributed by atoms with van der Waals surface area (Å²) in [4.78, 5) is 7.17. The standard InChI is InChI=1S/C14H23N3S.HI/c1-5-9-16-14(15-6-2)17-11(3)10-13-8-7-12(4)18-13;/h5,7-8,11H,1,6,9-10H2,2-4H3,(H2,15,16,17);1H. The topological polar surface area (TPSA) is 36.4 Å². The number of nitrogens with zero attached hydrogens (tertiary/aromatic N) is 1. The Labute approximate surface area is 137 Å². The Bertz CT molecular complexity index is 401. The van der Waals surface area contributed by atoms with Crippen LogP contribution in [0.3, 0.4) is 0 Å². The van der Waals surface area contributed by atoms with Crippen LogP contribution in [0.5, 0.6) is 0 Å². The maximum atomic E-state index is 4.40. The molecule has 0 amide bonds. The van der Waals surface area contributed by atoms with E-state index < -0.39 is 0 Å². The Hall–Kier alpha value is -0.560. The molecule has 1 aromatic rings. The van der Waals surface area contributed by atoms with Gasteiger partial charge >= 0.3 is 0 Å². The molecule has 0 aliphatic carbocycles. The molecule has 19 heavy (non-hydrogen) atoms. The Morgan fingerprint density at radius 3 is 2.79 bits per heavy atom. The number of aliphatic imine (C=N–C) groups is 1. The lowest BCUT2D eigenvalue weighted by molar-refractivity contribution is 0.647. The summed E-state index contributed by atoms with van der Waals surface area (Å²) in [5.74, 6) is 0.859. The Morgan fingerprint density at radius 1 is 1.53 bits per heavy atom. The second kappa shape index (κ2) is 10.3. The molecule has 0 radical (unpaired) electrons. The van der Waals surface area contributed by atoms with Crippen LogP contribution in [0.25, 0.3) is 0 Å². The van der Waals surface area contributed by atoms with E-state index in [0.717, 1.165) is 18.9 Å². The van der Waals surface area contributed by atoms with Gasteiger partial charge in [-0.1, -0.05) is 6.08 Å². The van der Waals surface area contributed by atoms with E-state index in [4.69, 9.17) is 0 Å². The first-order valence-corrected chi connectivity index (χ1v) is 7.18. The number of nitrogens with one attached hydrogen (secondary N) is 2. The van der Waals surface area contributed by atoms with Gasteiger partial charge in [-0.3, -0.25) is 0 Å². The fourth-order valence-corrected chi connectivity index (χ4v) is 2.68. The van der Waals surface area contributed by atoms with Crippen LogP contribution in [0.1, 0.15) is 23.6 Å². The predicted octanol–water partition coefficient (Wildman–Crippen LogP) is 3.35. The molecule has 0 spiro atoms. The quantitative estimate of drug-likeness (QED) is 0.337. The number of aryl methyl sites for hydroxylation is 1. The monoisotopic (exact) mass is 393 g/mol. The van der Waals surface area contributed by atoms with Crippen LogP contribution in [0.4, 0.5) is 0 Å². The second-order valence-electron chi connectivity index (χ2n) is 4.27. The van der Waals surface area contributed by atoms with Crippen molar-refractivity contribution in [3.63, 3.8) is 0 Å². The molecule has 5 heteroatoms. The summed E-state index contributed by atoms with van der Waals surface area (Å²) in [6, 6.07) is 4.74. The molecule has 1 aromatic heterocycles. The molecule has 0 bridgehead atoms. The van der Waals surface area contributed by atoms with Crippen molar-refractivity contribution in [2.24, 2.45) is 4.99 Å². The van der Waals surface area contributed by atoms with E-state index in [1.807, 2.05) is 11.3 Å². The minimum absolute atomic E-state index is 0. The Kier molecular flexibility index (Phi) is 9.95. The normalized spacial score (nSPS) is 12.5. The number of thiophene rings is 1. The molecular formula is C14H24IN3S. The third kappa shape index (κ3) is 7.57. The summed E-state index contributed by atoms with van der Waals surface area (Å²) in [5.41, 5.74) is 0. The largest absolute Gasteiger partial charge is 0.357 e. The number of hydrogen-bond donors (Lipinski definition) is 2. The van der Waals surface area contributed by atoms with Crippen LogP contribution in [0.15, 0.2) is 29.8 Å². The van der Waals surface area contributed by atoms with Crippen LogP contribution in [-0.2, 0) is 6.42 Å². The smallest absolute Gasteiger partial charge is 0.191 e. The van der Waals surface area contributed by atoms with Crippen molar-refractivity contribution in [2.75, 3.05) is 13.1 Å². The van der Waals surface area contributed by atoms with Gasteiger partial charge in [-0.05, 0) is 32.9 Å². The third-order valence-corrected chi connectivity index (χ3v) is 3.43. The molecule has 0 saturated heterocycles. The van der Waals surface area contributed by atoms with Crippen molar-refractivity contribution < 1.29 is 0 Å². The lowest BCUT2D eigenvalue weighted by Gasteiger charge is -2.17. The van der Waals surface area contributed by atoms with Gasteiger partial charge in [0, 0.05) is 28.8 Å². The van der Waals surface area contributed by atoms with E-state index in [0.29, 0.717) is 12.6 Å². The van der Waals surface area contributed by atoms with Gasteiger partial charge in [-0.25, -0.2) is 4.99 Å². The Balaban J connectivity index is 0.00000324. The average molecular weight is 393 g/mol. The number of halogens is 1. The predicted molar refractivity (Wildman–Crippen MR) is 96.9 cm³/mol. The van der Waals surface area contributed by atoms with E-state index in [1.54, 1.807) is 6.08 Å². The summed E-state index contributed by atoms with van der Waals surface area (Å²) in [6.07, 6.45) is 2.82. The molecule has 0 aliphatic heterocycles. The lowest BCUT2D eigenvalue weighted by Crippen LogP contribution is -2.43. The summed E-state index contributed by atoms with van der Waals surface area (Å²) < 4.78 is 0. The zero-order valence-corrected chi connectivity index (χ0v) is 15.0. The Morgan fingerprint density at radius 2 is 2.26 bits per heavy atom. The maximum absolute atomic E-state index is 4.40. The van der Waals surface area contributed by atoms with Crippen molar-refractivity contribution in [3.05, 3.63) is 34.5 Å². The molecule has 0 saturated carbocycles. The van der Waals surface area contributed by atoms with E-state index in [9.17, 15) is 0 Å². The van der Waals surface area contributed by atoms with Gasteiger partial charge in [0.05, 0.1) is 6.54 Å². The van der Waals surface area contributed by atoms with Crippen molar-refractivity contribution in [1.29, 1.82) is 0 Å². The molecule has 0 aliphatic rings. The SMILES string of the molecule is C=CCN=C(NCC)NC(C)Cc1ccc(C)s1.I. The maximum Gasteiger partial charge on any atom is 0.191 e. The summed E-state index contributed by atoms with van der Waals surface area (Å²) in [7, 11) is 0.